The molecule has 0 amide bonds. The molecular weight excluding hydrogens is 450 g/mol. The van der Waals surface area contributed by atoms with Gasteiger partial charge in [0.1, 0.15) is 0 Å². The van der Waals surface area contributed by atoms with E-state index in [9.17, 15) is 9.81 Å². The third-order valence-electron chi connectivity index (χ3n) is 5.80. The number of benzene rings is 2. The van der Waals surface area contributed by atoms with Gasteiger partial charge in [0.05, 0.1) is 54.1 Å². The molecule has 33 heavy (non-hydrogen) atoms. The Bertz CT molecular complexity index is 1220. The van der Waals surface area contributed by atoms with Crippen molar-refractivity contribution < 1.29 is 4.55 Å². The molecule has 0 spiro atoms. The van der Waals surface area contributed by atoms with Crippen LogP contribution in [0.3, 0.4) is 0 Å². The van der Waals surface area contributed by atoms with Crippen LogP contribution in [-0.2, 0) is 30.9 Å². The second-order valence-corrected chi connectivity index (χ2v) is 10.4. The van der Waals surface area contributed by atoms with Crippen molar-refractivity contribution in [2.75, 3.05) is 11.4 Å². The van der Waals surface area contributed by atoms with Gasteiger partial charge in [-0.15, -0.1) is 15.6 Å². The lowest BCUT2D eigenvalue weighted by molar-refractivity contribution is 0.319. The Balaban J connectivity index is 1.57. The highest BCUT2D eigenvalue weighted by atomic mass is 32.2. The molecule has 0 saturated carbocycles. The average molecular weight is 474 g/mol. The summed E-state index contributed by atoms with van der Waals surface area (Å²) in [6, 6.07) is 21.9. The second-order valence-electron chi connectivity index (χ2n) is 7.97. The van der Waals surface area contributed by atoms with Crippen LogP contribution >= 0.6 is 11.3 Å². The largest absolute Gasteiger partial charge is 0.593 e. The maximum Gasteiger partial charge on any atom is 0.174 e. The van der Waals surface area contributed by atoms with E-state index in [1.54, 1.807) is 17.7 Å². The molecule has 0 saturated heterocycles. The van der Waals surface area contributed by atoms with Crippen LogP contribution in [0.2, 0.25) is 0 Å². The minimum atomic E-state index is -1.34. The van der Waals surface area contributed by atoms with Gasteiger partial charge in [0.2, 0.25) is 0 Å². The second kappa shape index (κ2) is 9.81. The maximum absolute atomic E-state index is 13.8. The number of hydrogen-bond acceptors (Lipinski definition) is 6. The minimum absolute atomic E-state index is 0.0153. The average Bonchev–Trinajstić information content (AvgIpc) is 3.53. The zero-order chi connectivity index (χ0) is 22.6. The molecule has 2 aromatic carbocycles. The fraction of sp³-hybridized carbons (Fsp3) is 0.200. The van der Waals surface area contributed by atoms with Crippen LogP contribution in [0.15, 0.2) is 83.5 Å². The Morgan fingerprint density at radius 2 is 2.06 bits per heavy atom. The molecule has 4 aromatic rings. The summed E-state index contributed by atoms with van der Waals surface area (Å²) in [6.07, 6.45) is 4.39. The molecule has 2 aromatic heterocycles. The van der Waals surface area contributed by atoms with Gasteiger partial charge in [-0.25, -0.2) is 4.98 Å². The van der Waals surface area contributed by atoms with E-state index in [-0.39, 0.29) is 6.04 Å². The summed E-state index contributed by atoms with van der Waals surface area (Å²) in [7, 11) is 0. The number of nitrogens with one attached hydrogen (secondary N) is 1. The fourth-order valence-corrected chi connectivity index (χ4v) is 6.35. The molecule has 1 N–H and O–H groups in total. The van der Waals surface area contributed by atoms with Crippen LogP contribution in [0, 0.1) is 11.3 Å². The van der Waals surface area contributed by atoms with Crippen molar-refractivity contribution in [2.45, 2.75) is 30.4 Å². The quantitative estimate of drug-likeness (QED) is 0.417. The lowest BCUT2D eigenvalue weighted by Crippen LogP contribution is -2.45. The molecule has 3 heterocycles. The van der Waals surface area contributed by atoms with E-state index < -0.39 is 11.4 Å². The molecule has 0 fully saturated rings. The molecule has 8 heteroatoms. The van der Waals surface area contributed by atoms with Crippen LogP contribution in [0.4, 0.5) is 5.69 Å². The molecule has 6 nitrogen and oxygen atoms in total. The Morgan fingerprint density at radius 1 is 1.18 bits per heavy atom. The van der Waals surface area contributed by atoms with E-state index >= 15 is 0 Å². The van der Waals surface area contributed by atoms with Gasteiger partial charge in [-0.3, -0.25) is 0 Å². The van der Waals surface area contributed by atoms with Crippen molar-refractivity contribution in [1.82, 2.24) is 14.3 Å². The van der Waals surface area contributed by atoms with Crippen molar-refractivity contribution in [3.05, 3.63) is 100 Å². The van der Waals surface area contributed by atoms with Gasteiger partial charge in [-0.2, -0.15) is 5.26 Å². The molecule has 166 valence electrons. The van der Waals surface area contributed by atoms with Gasteiger partial charge in [0.25, 0.3) is 0 Å². The van der Waals surface area contributed by atoms with E-state index in [1.165, 1.54) is 4.88 Å². The molecule has 1 unspecified atom stereocenters. The van der Waals surface area contributed by atoms with E-state index in [1.807, 2.05) is 54.7 Å². The van der Waals surface area contributed by atoms with Gasteiger partial charge in [0.15, 0.2) is 4.90 Å². The van der Waals surface area contributed by atoms with Crippen molar-refractivity contribution in [3.63, 3.8) is 0 Å². The van der Waals surface area contributed by atoms with Gasteiger partial charge in [-0.1, -0.05) is 24.3 Å². The summed E-state index contributed by atoms with van der Waals surface area (Å²) in [5.41, 5.74) is 3.61. The maximum atomic E-state index is 13.8. The van der Waals surface area contributed by atoms with Crippen LogP contribution < -0.4 is 4.90 Å². The number of nitriles is 1. The number of H-pyrrole nitrogens is 1. The normalized spacial score (nSPS) is 17.2. The highest BCUT2D eigenvalue weighted by molar-refractivity contribution is 7.89. The van der Waals surface area contributed by atoms with Crippen LogP contribution in [0.1, 0.15) is 21.7 Å². The molecule has 0 radical (unpaired) electrons. The Labute approximate surface area is 200 Å². The number of nitrogens with zero attached hydrogens (tertiary/aromatic N) is 4. The van der Waals surface area contributed by atoms with Gasteiger partial charge in [0, 0.05) is 29.7 Å². The smallest absolute Gasteiger partial charge is 0.174 e. The number of hydrogen-bond donors (Lipinski definition) is 1. The van der Waals surface area contributed by atoms with Crippen molar-refractivity contribution in [2.24, 2.45) is 0 Å². The van der Waals surface area contributed by atoms with Crippen LogP contribution in [-0.4, -0.2) is 31.4 Å². The van der Waals surface area contributed by atoms with Crippen molar-refractivity contribution >= 4 is 28.4 Å². The SMILES string of the molecule is N#Cc1ccc2c(c1)CN([S+]([O-])c1ccccc1)[C@H](Cc1cccs1)CN2Cc1c[nH]cn1. The molecular formula is C25H23N5OS2. The Hall–Kier alpha value is -3.09. The van der Waals surface area contributed by atoms with Crippen LogP contribution in [0.25, 0.3) is 0 Å². The third kappa shape index (κ3) is 4.82. The number of imidazole rings is 1. The highest BCUT2D eigenvalue weighted by Crippen LogP contribution is 2.34. The first-order valence-corrected chi connectivity index (χ1v) is 12.7. The fourth-order valence-electron chi connectivity index (χ4n) is 4.25. The Morgan fingerprint density at radius 3 is 2.79 bits per heavy atom. The predicted octanol–water partition coefficient (Wildman–Crippen LogP) is 4.50. The number of thiophene rings is 1. The summed E-state index contributed by atoms with van der Waals surface area (Å²) in [5, 5.41) is 11.6. The summed E-state index contributed by atoms with van der Waals surface area (Å²) in [6.45, 7) is 1.83. The standard InChI is InChI=1S/C25H23N5OS2/c26-13-19-8-9-25-20(11-19)15-30(33(31)24-6-2-1-3-7-24)22(12-23-5-4-10-32-23)17-29(25)16-21-14-27-18-28-21/h1-11,14,18,22H,12,15-17H2,(H,27,28)/t22-,33?/m1/s1. The molecule has 1 aliphatic heterocycles. The number of aromatic nitrogens is 2. The van der Waals surface area contributed by atoms with Crippen molar-refractivity contribution in [3.8, 4) is 6.07 Å². The van der Waals surface area contributed by atoms with Gasteiger partial charge in [-0.05, 0) is 47.3 Å². The third-order valence-corrected chi connectivity index (χ3v) is 8.22. The zero-order valence-corrected chi connectivity index (χ0v) is 19.6. The first-order valence-electron chi connectivity index (χ1n) is 10.7. The van der Waals surface area contributed by atoms with Crippen molar-refractivity contribution in [1.29, 1.82) is 5.26 Å². The molecule has 5 rings (SSSR count). The van der Waals surface area contributed by atoms with E-state index in [4.69, 9.17) is 0 Å². The number of anilines is 1. The summed E-state index contributed by atoms with van der Waals surface area (Å²) >= 11 is 0.390. The van der Waals surface area contributed by atoms with Gasteiger partial charge >= 0.3 is 0 Å². The topological polar surface area (TPSA) is 82.0 Å². The summed E-state index contributed by atoms with van der Waals surface area (Å²) in [5.74, 6) is 0. The zero-order valence-electron chi connectivity index (χ0n) is 17.9. The lowest BCUT2D eigenvalue weighted by Gasteiger charge is -2.32. The number of rotatable bonds is 6. The predicted molar refractivity (Wildman–Crippen MR) is 131 cm³/mol. The summed E-state index contributed by atoms with van der Waals surface area (Å²) < 4.78 is 15.9. The van der Waals surface area contributed by atoms with Gasteiger partial charge < -0.3 is 14.4 Å². The lowest BCUT2D eigenvalue weighted by atomic mass is 10.1. The van der Waals surface area contributed by atoms with E-state index in [2.05, 4.69) is 42.8 Å². The number of aromatic amines is 1. The molecule has 0 bridgehead atoms. The minimum Gasteiger partial charge on any atom is -0.593 e. The molecule has 2 atom stereocenters. The monoisotopic (exact) mass is 473 g/mol. The molecule has 1 aliphatic rings. The highest BCUT2D eigenvalue weighted by Gasteiger charge is 2.36. The first-order chi connectivity index (χ1) is 16.2. The van der Waals surface area contributed by atoms with E-state index in [0.717, 1.165) is 28.3 Å². The first kappa shape index (κ1) is 21.7. The van der Waals surface area contributed by atoms with E-state index in [0.29, 0.717) is 25.2 Å². The number of fused-ring (bicyclic) bond motifs is 1. The molecule has 0 aliphatic carbocycles. The summed E-state index contributed by atoms with van der Waals surface area (Å²) in [4.78, 5) is 11.8. The Kier molecular flexibility index (Phi) is 6.46. The van der Waals surface area contributed by atoms with Crippen LogP contribution in [0.5, 0.6) is 0 Å².